The SMILES string of the molecule is O=C1c2cc(OC(F)(F)F)ccc2[NH+]=C(O)[C@H]1c1ccccc1. The third kappa shape index (κ3) is 3.03. The summed E-state index contributed by atoms with van der Waals surface area (Å²) in [5.74, 6) is -2.24. The highest BCUT2D eigenvalue weighted by molar-refractivity contribution is 6.16. The molecule has 2 aromatic rings. The van der Waals surface area contributed by atoms with Crippen molar-refractivity contribution in [2.45, 2.75) is 12.3 Å². The summed E-state index contributed by atoms with van der Waals surface area (Å²) >= 11 is 0. The monoisotopic (exact) mass is 322 g/mol. The molecule has 1 heterocycles. The number of ketones is 1. The van der Waals surface area contributed by atoms with Crippen LogP contribution in [0, 0.1) is 0 Å². The van der Waals surface area contributed by atoms with Crippen LogP contribution in [-0.4, -0.2) is 23.1 Å². The van der Waals surface area contributed by atoms with Crippen molar-refractivity contribution in [1.29, 1.82) is 0 Å². The third-order valence-corrected chi connectivity index (χ3v) is 3.42. The van der Waals surface area contributed by atoms with Gasteiger partial charge < -0.3 is 9.84 Å². The number of hydrogen-bond acceptors (Lipinski definition) is 2. The summed E-state index contributed by atoms with van der Waals surface area (Å²) in [6.45, 7) is 0. The Hall–Kier alpha value is -2.83. The van der Waals surface area contributed by atoms with Gasteiger partial charge in [0, 0.05) is 6.07 Å². The molecule has 3 rings (SSSR count). The van der Waals surface area contributed by atoms with Crippen molar-refractivity contribution in [1.82, 2.24) is 0 Å². The van der Waals surface area contributed by atoms with Crippen molar-refractivity contribution >= 4 is 17.4 Å². The average molecular weight is 322 g/mol. The number of ether oxygens (including phenoxy) is 1. The second-order valence-electron chi connectivity index (χ2n) is 4.97. The first-order chi connectivity index (χ1) is 10.8. The number of hydrogen-bond donors (Lipinski definition) is 2. The Bertz CT molecular complexity index is 785. The van der Waals surface area contributed by atoms with Crippen LogP contribution in [0.1, 0.15) is 21.8 Å². The van der Waals surface area contributed by atoms with E-state index < -0.39 is 23.8 Å². The molecule has 0 fully saturated rings. The van der Waals surface area contributed by atoms with Gasteiger partial charge in [-0.15, -0.1) is 13.2 Å². The molecule has 4 nitrogen and oxygen atoms in total. The topological polar surface area (TPSA) is 60.5 Å². The van der Waals surface area contributed by atoms with E-state index in [0.29, 0.717) is 5.56 Å². The molecule has 0 saturated heterocycles. The summed E-state index contributed by atoms with van der Waals surface area (Å²) < 4.78 is 40.8. The van der Waals surface area contributed by atoms with E-state index in [1.807, 2.05) is 0 Å². The van der Waals surface area contributed by atoms with Gasteiger partial charge in [0.2, 0.25) is 5.69 Å². The van der Waals surface area contributed by atoms with Gasteiger partial charge in [0.1, 0.15) is 5.75 Å². The normalized spacial score (nSPS) is 17.4. The van der Waals surface area contributed by atoms with Gasteiger partial charge >= 0.3 is 12.3 Å². The molecule has 1 aliphatic heterocycles. The van der Waals surface area contributed by atoms with Crippen molar-refractivity contribution < 1.29 is 32.8 Å². The standard InChI is InChI=1S/C16H10F3NO3/c17-16(18,19)23-10-6-7-12-11(8-10)14(21)13(15(22)20-12)9-4-2-1-3-5-9/h1-8,13H,(H,20,22)/p+1/t13-/m0/s1. The second-order valence-corrected chi connectivity index (χ2v) is 4.97. The lowest BCUT2D eigenvalue weighted by atomic mass is 9.87. The molecule has 1 aliphatic rings. The number of rotatable bonds is 2. The predicted molar refractivity (Wildman–Crippen MR) is 74.9 cm³/mol. The van der Waals surface area contributed by atoms with Crippen LogP contribution in [0.2, 0.25) is 0 Å². The second kappa shape index (κ2) is 5.42. The fourth-order valence-electron chi connectivity index (χ4n) is 2.48. The minimum atomic E-state index is -4.84. The van der Waals surface area contributed by atoms with Gasteiger partial charge in [-0.3, -0.25) is 4.79 Å². The summed E-state index contributed by atoms with van der Waals surface area (Å²) in [5, 5.41) is 10.1. The largest absolute Gasteiger partial charge is 0.573 e. The maximum atomic E-state index is 12.6. The minimum absolute atomic E-state index is 0.0263. The summed E-state index contributed by atoms with van der Waals surface area (Å²) in [7, 11) is 0. The number of alkyl halides is 3. The maximum absolute atomic E-state index is 12.6. The fraction of sp³-hybridized carbons (Fsp3) is 0.125. The molecule has 1 atom stereocenters. The Labute approximate surface area is 128 Å². The van der Waals surface area contributed by atoms with Crippen molar-refractivity contribution in [2.24, 2.45) is 0 Å². The lowest BCUT2D eigenvalue weighted by Gasteiger charge is -2.17. The predicted octanol–water partition coefficient (Wildman–Crippen LogP) is 2.23. The molecular weight excluding hydrogens is 311 g/mol. The molecule has 7 heteroatoms. The van der Waals surface area contributed by atoms with Crippen LogP contribution in [0.4, 0.5) is 18.9 Å². The number of benzene rings is 2. The average Bonchev–Trinajstić information content (AvgIpc) is 2.48. The van der Waals surface area contributed by atoms with Crippen LogP contribution in [0.3, 0.4) is 0 Å². The van der Waals surface area contributed by atoms with E-state index in [1.54, 1.807) is 30.3 Å². The van der Waals surface area contributed by atoms with E-state index in [4.69, 9.17) is 0 Å². The van der Waals surface area contributed by atoms with E-state index >= 15 is 0 Å². The molecule has 0 spiro atoms. The van der Waals surface area contributed by atoms with Crippen LogP contribution in [0.25, 0.3) is 0 Å². The molecule has 0 amide bonds. The van der Waals surface area contributed by atoms with E-state index in [9.17, 15) is 23.1 Å². The number of carbonyl (C=O) groups is 1. The molecule has 118 valence electrons. The van der Waals surface area contributed by atoms with Gasteiger partial charge in [0.15, 0.2) is 11.7 Å². The first-order valence-electron chi connectivity index (χ1n) is 6.67. The molecule has 2 N–H and O–H groups in total. The van der Waals surface area contributed by atoms with Gasteiger partial charge in [0.25, 0.3) is 0 Å². The first-order valence-corrected chi connectivity index (χ1v) is 6.67. The van der Waals surface area contributed by atoms with Crippen molar-refractivity contribution in [2.75, 3.05) is 0 Å². The van der Waals surface area contributed by atoms with E-state index in [1.165, 1.54) is 6.07 Å². The van der Waals surface area contributed by atoms with Crippen LogP contribution < -0.4 is 9.73 Å². The molecule has 2 aromatic carbocycles. The molecule has 23 heavy (non-hydrogen) atoms. The molecule has 0 unspecified atom stereocenters. The lowest BCUT2D eigenvalue weighted by Crippen LogP contribution is -2.71. The number of Topliss-reactive ketones (excluding diaryl/α,β-unsaturated/α-hetero) is 1. The molecule has 0 bridgehead atoms. The Morgan fingerprint density at radius 1 is 1.09 bits per heavy atom. The Morgan fingerprint density at radius 3 is 2.43 bits per heavy atom. The zero-order valence-corrected chi connectivity index (χ0v) is 11.6. The summed E-state index contributed by atoms with van der Waals surface area (Å²) in [4.78, 5) is 15.2. The first kappa shape index (κ1) is 15.1. The Morgan fingerprint density at radius 2 is 1.78 bits per heavy atom. The number of aliphatic hydroxyl groups is 1. The minimum Gasteiger partial charge on any atom is -0.462 e. The fourth-order valence-corrected chi connectivity index (χ4v) is 2.48. The van der Waals surface area contributed by atoms with Crippen LogP contribution in [0.5, 0.6) is 5.75 Å². The molecule has 0 saturated carbocycles. The molecular formula is C16H11F3NO3+. The highest BCUT2D eigenvalue weighted by Gasteiger charge is 2.39. The van der Waals surface area contributed by atoms with Crippen LogP contribution in [0.15, 0.2) is 48.5 Å². The van der Waals surface area contributed by atoms with Crippen molar-refractivity contribution in [3.05, 3.63) is 59.7 Å². The van der Waals surface area contributed by atoms with Crippen LogP contribution in [-0.2, 0) is 0 Å². The third-order valence-electron chi connectivity index (χ3n) is 3.42. The summed E-state index contributed by atoms with van der Waals surface area (Å²) in [5.41, 5.74) is 0.794. The summed E-state index contributed by atoms with van der Waals surface area (Å²) in [6, 6.07) is 11.8. The van der Waals surface area contributed by atoms with Gasteiger partial charge in [0.05, 0.1) is 5.56 Å². The number of carbonyl (C=O) groups excluding carboxylic acids is 1. The lowest BCUT2D eigenvalue weighted by molar-refractivity contribution is -0.369. The van der Waals surface area contributed by atoms with Gasteiger partial charge in [-0.1, -0.05) is 30.3 Å². The van der Waals surface area contributed by atoms with E-state index in [2.05, 4.69) is 9.73 Å². The Kier molecular flexibility index (Phi) is 3.55. The zero-order valence-electron chi connectivity index (χ0n) is 11.6. The van der Waals surface area contributed by atoms with E-state index in [-0.39, 0.29) is 17.1 Å². The molecule has 0 radical (unpaired) electrons. The summed E-state index contributed by atoms with van der Waals surface area (Å²) in [6.07, 6.45) is -4.84. The smallest absolute Gasteiger partial charge is 0.462 e. The number of aliphatic hydroxyl groups excluding tert-OH is 1. The highest BCUT2D eigenvalue weighted by Crippen LogP contribution is 2.30. The quantitative estimate of drug-likeness (QED) is 0.891. The zero-order chi connectivity index (χ0) is 16.6. The highest BCUT2D eigenvalue weighted by atomic mass is 19.4. The van der Waals surface area contributed by atoms with E-state index in [0.717, 1.165) is 12.1 Å². The maximum Gasteiger partial charge on any atom is 0.573 e. The van der Waals surface area contributed by atoms with Gasteiger partial charge in [-0.2, -0.15) is 4.99 Å². The Balaban J connectivity index is 2.02. The number of halogens is 3. The molecule has 0 aliphatic carbocycles. The van der Waals surface area contributed by atoms with Crippen molar-refractivity contribution in [3.63, 3.8) is 0 Å². The number of nitrogens with one attached hydrogen (secondary N) is 1. The molecule has 0 aromatic heterocycles. The van der Waals surface area contributed by atoms with Gasteiger partial charge in [-0.25, -0.2) is 0 Å². The van der Waals surface area contributed by atoms with Gasteiger partial charge in [-0.05, 0) is 17.7 Å². The number of fused-ring (bicyclic) bond motifs is 1. The van der Waals surface area contributed by atoms with Crippen molar-refractivity contribution in [3.8, 4) is 5.75 Å². The van der Waals surface area contributed by atoms with Crippen LogP contribution >= 0.6 is 0 Å².